The highest BCUT2D eigenvalue weighted by atomic mass is 16.3. The number of imidazole rings is 1. The number of hydrogen-bond donors (Lipinski definition) is 0. The second kappa shape index (κ2) is 7.70. The fraction of sp³-hybridized carbons (Fsp3) is 0. The Hall–Kier alpha value is -5.09. The molecular weight excluding hydrogens is 454 g/mol. The summed E-state index contributed by atoms with van der Waals surface area (Å²) in [6.07, 6.45) is 0. The van der Waals surface area contributed by atoms with E-state index < -0.39 is 0 Å². The smallest absolute Gasteiger partial charge is 0.161 e. The number of furan rings is 1. The zero-order valence-corrected chi connectivity index (χ0v) is 19.9. The average Bonchev–Trinajstić information content (AvgIpc) is 3.63. The molecular formula is C33H21N3O. The third-order valence-corrected chi connectivity index (χ3v) is 7.12. The van der Waals surface area contributed by atoms with Crippen LogP contribution in [0.15, 0.2) is 132 Å². The zero-order chi connectivity index (χ0) is 24.3. The number of nitrogens with zero attached hydrogens (tertiary/aromatic N) is 3. The van der Waals surface area contributed by atoms with Gasteiger partial charge in [-0.15, -0.1) is 0 Å². The standard InChI is InChI=1S/C33H21N3O/c1-2-12-23(13-3-1)36-29-19-8-6-17-27(29)34-33(36)22-11-10-14-24(21-22)35-28-18-7-4-15-25(28)32-31(35)26-16-5-9-20-30(26)37-32/h1-21H. The maximum atomic E-state index is 6.36. The van der Waals surface area contributed by atoms with Gasteiger partial charge in [-0.25, -0.2) is 4.98 Å². The van der Waals surface area contributed by atoms with Crippen LogP contribution in [-0.4, -0.2) is 14.1 Å². The molecule has 5 aromatic carbocycles. The van der Waals surface area contributed by atoms with Crippen molar-refractivity contribution >= 4 is 44.0 Å². The fourth-order valence-corrected chi connectivity index (χ4v) is 5.53. The molecule has 8 aromatic rings. The molecule has 0 amide bonds. The lowest BCUT2D eigenvalue weighted by atomic mass is 10.1. The molecule has 0 fully saturated rings. The van der Waals surface area contributed by atoms with Crippen molar-refractivity contribution in [3.8, 4) is 22.8 Å². The highest BCUT2D eigenvalue weighted by Crippen LogP contribution is 2.39. The zero-order valence-electron chi connectivity index (χ0n) is 19.9. The molecule has 8 rings (SSSR count). The maximum absolute atomic E-state index is 6.36. The van der Waals surface area contributed by atoms with E-state index >= 15 is 0 Å². The first-order valence-electron chi connectivity index (χ1n) is 12.4. The molecule has 0 aliphatic rings. The molecule has 0 spiro atoms. The summed E-state index contributed by atoms with van der Waals surface area (Å²) in [5.74, 6) is 0.916. The Morgan fingerprint density at radius 1 is 0.541 bits per heavy atom. The first-order chi connectivity index (χ1) is 18.4. The van der Waals surface area contributed by atoms with E-state index in [1.807, 2.05) is 24.3 Å². The van der Waals surface area contributed by atoms with Crippen LogP contribution >= 0.6 is 0 Å². The van der Waals surface area contributed by atoms with Gasteiger partial charge in [-0.2, -0.15) is 0 Å². The van der Waals surface area contributed by atoms with E-state index in [0.29, 0.717) is 0 Å². The van der Waals surface area contributed by atoms with Crippen molar-refractivity contribution in [3.05, 3.63) is 127 Å². The van der Waals surface area contributed by atoms with Crippen LogP contribution in [0.4, 0.5) is 0 Å². The van der Waals surface area contributed by atoms with E-state index in [4.69, 9.17) is 9.40 Å². The topological polar surface area (TPSA) is 35.9 Å². The highest BCUT2D eigenvalue weighted by Gasteiger charge is 2.20. The summed E-state index contributed by atoms with van der Waals surface area (Å²) in [4.78, 5) is 5.08. The summed E-state index contributed by atoms with van der Waals surface area (Å²) >= 11 is 0. The summed E-state index contributed by atoms with van der Waals surface area (Å²) in [5, 5.41) is 2.21. The van der Waals surface area contributed by atoms with E-state index in [2.05, 4.69) is 112 Å². The molecule has 0 aliphatic carbocycles. The van der Waals surface area contributed by atoms with Gasteiger partial charge in [-0.3, -0.25) is 4.57 Å². The first-order valence-corrected chi connectivity index (χ1v) is 12.4. The summed E-state index contributed by atoms with van der Waals surface area (Å²) in [6.45, 7) is 0. The van der Waals surface area contributed by atoms with Gasteiger partial charge in [-0.05, 0) is 60.7 Å². The summed E-state index contributed by atoms with van der Waals surface area (Å²) in [7, 11) is 0. The molecule has 0 aliphatic heterocycles. The maximum Gasteiger partial charge on any atom is 0.161 e. The second-order valence-corrected chi connectivity index (χ2v) is 9.27. The van der Waals surface area contributed by atoms with E-state index in [1.54, 1.807) is 0 Å². The lowest BCUT2D eigenvalue weighted by Crippen LogP contribution is -1.99. The predicted molar refractivity (Wildman–Crippen MR) is 151 cm³/mol. The number of rotatable bonds is 3. The van der Waals surface area contributed by atoms with Crippen LogP contribution in [0.1, 0.15) is 0 Å². The van der Waals surface area contributed by atoms with Crippen LogP contribution < -0.4 is 0 Å². The molecule has 3 aromatic heterocycles. The van der Waals surface area contributed by atoms with Crippen LogP contribution in [0.5, 0.6) is 0 Å². The van der Waals surface area contributed by atoms with Crippen LogP contribution in [0.2, 0.25) is 0 Å². The Morgan fingerprint density at radius 2 is 1.24 bits per heavy atom. The molecule has 37 heavy (non-hydrogen) atoms. The average molecular weight is 476 g/mol. The molecule has 0 atom stereocenters. The van der Waals surface area contributed by atoms with Crippen molar-refractivity contribution < 1.29 is 4.42 Å². The van der Waals surface area contributed by atoms with Gasteiger partial charge in [0.05, 0.1) is 16.6 Å². The van der Waals surface area contributed by atoms with Crippen LogP contribution in [-0.2, 0) is 0 Å². The number of benzene rings is 5. The second-order valence-electron chi connectivity index (χ2n) is 9.27. The van der Waals surface area contributed by atoms with Crippen molar-refractivity contribution in [3.63, 3.8) is 0 Å². The summed E-state index contributed by atoms with van der Waals surface area (Å²) in [6, 6.07) is 44.1. The molecule has 0 unspecified atom stereocenters. The van der Waals surface area contributed by atoms with Crippen LogP contribution in [0.3, 0.4) is 0 Å². The summed E-state index contributed by atoms with van der Waals surface area (Å²) in [5.41, 5.74) is 9.29. The van der Waals surface area contributed by atoms with Crippen molar-refractivity contribution in [2.24, 2.45) is 0 Å². The predicted octanol–water partition coefficient (Wildman–Crippen LogP) is 8.54. The van der Waals surface area contributed by atoms with Gasteiger partial charge in [-0.1, -0.05) is 66.7 Å². The van der Waals surface area contributed by atoms with Gasteiger partial charge in [0.25, 0.3) is 0 Å². The van der Waals surface area contributed by atoms with Gasteiger partial charge >= 0.3 is 0 Å². The normalized spacial score (nSPS) is 11.8. The highest BCUT2D eigenvalue weighted by molar-refractivity contribution is 6.16. The Balaban J connectivity index is 1.43. The molecule has 0 N–H and O–H groups in total. The van der Waals surface area contributed by atoms with E-state index in [-0.39, 0.29) is 0 Å². The SMILES string of the molecule is c1ccc(-n2c(-c3cccc(-n4c5ccccc5c5oc6ccccc6c54)c3)nc3ccccc32)cc1. The number of hydrogen-bond acceptors (Lipinski definition) is 2. The largest absolute Gasteiger partial charge is 0.454 e. The molecule has 4 nitrogen and oxygen atoms in total. The van der Waals surface area contributed by atoms with Gasteiger partial charge in [0.2, 0.25) is 0 Å². The fourth-order valence-electron chi connectivity index (χ4n) is 5.53. The quantitative estimate of drug-likeness (QED) is 0.257. The lowest BCUT2D eigenvalue weighted by molar-refractivity contribution is 0.673. The molecule has 0 saturated heterocycles. The van der Waals surface area contributed by atoms with Gasteiger partial charge < -0.3 is 8.98 Å². The minimum atomic E-state index is 0.897. The Kier molecular flexibility index (Phi) is 4.19. The minimum Gasteiger partial charge on any atom is -0.454 e. The van der Waals surface area contributed by atoms with Gasteiger partial charge in [0.15, 0.2) is 5.58 Å². The van der Waals surface area contributed by atoms with Crippen LogP contribution in [0, 0.1) is 0 Å². The monoisotopic (exact) mass is 475 g/mol. The van der Waals surface area contributed by atoms with E-state index in [1.165, 1.54) is 0 Å². The number of fused-ring (bicyclic) bond motifs is 6. The molecule has 0 saturated carbocycles. The minimum absolute atomic E-state index is 0.897. The molecule has 0 radical (unpaired) electrons. The molecule has 0 bridgehead atoms. The Morgan fingerprint density at radius 3 is 2.14 bits per heavy atom. The Labute approximate surface area is 212 Å². The summed E-state index contributed by atoms with van der Waals surface area (Å²) < 4.78 is 10.9. The molecule has 3 heterocycles. The van der Waals surface area contributed by atoms with Gasteiger partial charge in [0.1, 0.15) is 16.9 Å². The number of para-hydroxylation sites is 5. The third kappa shape index (κ3) is 2.93. The Bertz CT molecular complexity index is 2090. The van der Waals surface area contributed by atoms with Gasteiger partial charge in [0, 0.05) is 27.7 Å². The van der Waals surface area contributed by atoms with Crippen molar-refractivity contribution in [1.29, 1.82) is 0 Å². The molecule has 174 valence electrons. The van der Waals surface area contributed by atoms with Crippen LogP contribution in [0.25, 0.3) is 66.8 Å². The lowest BCUT2D eigenvalue weighted by Gasteiger charge is -2.12. The molecule has 4 heteroatoms. The number of aromatic nitrogens is 3. The van der Waals surface area contributed by atoms with E-state index in [0.717, 1.165) is 66.8 Å². The van der Waals surface area contributed by atoms with E-state index in [9.17, 15) is 0 Å². The van der Waals surface area contributed by atoms with Crippen molar-refractivity contribution in [2.75, 3.05) is 0 Å². The first kappa shape index (κ1) is 20.1. The van der Waals surface area contributed by atoms with Crippen molar-refractivity contribution in [1.82, 2.24) is 14.1 Å². The van der Waals surface area contributed by atoms with Crippen molar-refractivity contribution in [2.45, 2.75) is 0 Å². The third-order valence-electron chi connectivity index (χ3n) is 7.12.